The SMILES string of the molecule is Cc1ccc(C(=O)N(Cc2cc3ccccc3[nH]c2=O)C2CCCCC2)cc1. The first-order chi connectivity index (χ1) is 13.6. The highest BCUT2D eigenvalue weighted by molar-refractivity contribution is 5.94. The van der Waals surface area contributed by atoms with E-state index in [1.807, 2.05) is 66.4 Å². The van der Waals surface area contributed by atoms with Gasteiger partial charge in [-0.1, -0.05) is 55.2 Å². The Kier molecular flexibility index (Phi) is 5.29. The molecule has 1 N–H and O–H groups in total. The standard InChI is InChI=1S/C24H26N2O2/c1-17-11-13-18(14-12-17)24(28)26(21-8-3-2-4-9-21)16-20-15-19-7-5-6-10-22(19)25-23(20)27/h5-7,10-15,21H,2-4,8-9,16H2,1H3,(H,25,27). The number of benzene rings is 2. The van der Waals surface area contributed by atoms with Gasteiger partial charge in [-0.2, -0.15) is 0 Å². The molecule has 0 saturated heterocycles. The summed E-state index contributed by atoms with van der Waals surface area (Å²) in [5, 5.41) is 0.989. The van der Waals surface area contributed by atoms with Crippen molar-refractivity contribution in [1.29, 1.82) is 0 Å². The van der Waals surface area contributed by atoms with E-state index in [0.717, 1.165) is 42.1 Å². The van der Waals surface area contributed by atoms with Crippen molar-refractivity contribution in [2.24, 2.45) is 0 Å². The minimum Gasteiger partial charge on any atom is -0.331 e. The van der Waals surface area contributed by atoms with Crippen molar-refractivity contribution in [3.05, 3.63) is 81.6 Å². The number of amides is 1. The van der Waals surface area contributed by atoms with Crippen molar-refractivity contribution in [3.63, 3.8) is 0 Å². The zero-order valence-corrected chi connectivity index (χ0v) is 16.3. The van der Waals surface area contributed by atoms with Gasteiger partial charge in [0.1, 0.15) is 0 Å². The summed E-state index contributed by atoms with van der Waals surface area (Å²) in [6.45, 7) is 2.36. The Bertz CT molecular complexity index is 1030. The van der Waals surface area contributed by atoms with Crippen LogP contribution >= 0.6 is 0 Å². The maximum atomic E-state index is 13.3. The predicted molar refractivity (Wildman–Crippen MR) is 112 cm³/mol. The van der Waals surface area contributed by atoms with Gasteiger partial charge in [-0.15, -0.1) is 0 Å². The number of para-hydroxylation sites is 1. The van der Waals surface area contributed by atoms with Crippen LogP contribution in [-0.4, -0.2) is 21.8 Å². The van der Waals surface area contributed by atoms with Crippen molar-refractivity contribution < 1.29 is 4.79 Å². The number of nitrogens with zero attached hydrogens (tertiary/aromatic N) is 1. The zero-order chi connectivity index (χ0) is 19.5. The molecule has 1 aliphatic carbocycles. The molecule has 4 nitrogen and oxygen atoms in total. The van der Waals surface area contributed by atoms with Gasteiger partial charge in [0.15, 0.2) is 0 Å². The van der Waals surface area contributed by atoms with E-state index in [9.17, 15) is 9.59 Å². The number of rotatable bonds is 4. The first-order valence-corrected chi connectivity index (χ1v) is 10.1. The van der Waals surface area contributed by atoms with Gasteiger partial charge in [0.25, 0.3) is 11.5 Å². The molecule has 1 fully saturated rings. The first kappa shape index (κ1) is 18.5. The summed E-state index contributed by atoms with van der Waals surface area (Å²) >= 11 is 0. The minimum absolute atomic E-state index is 0.0134. The molecule has 1 aliphatic rings. The van der Waals surface area contributed by atoms with E-state index >= 15 is 0 Å². The molecule has 0 spiro atoms. The van der Waals surface area contributed by atoms with Crippen molar-refractivity contribution in [2.75, 3.05) is 0 Å². The van der Waals surface area contributed by atoms with Crippen LogP contribution in [0.5, 0.6) is 0 Å². The molecule has 28 heavy (non-hydrogen) atoms. The van der Waals surface area contributed by atoms with Gasteiger partial charge in [-0.3, -0.25) is 9.59 Å². The van der Waals surface area contributed by atoms with E-state index in [1.54, 1.807) is 0 Å². The molecule has 0 radical (unpaired) electrons. The number of carbonyl (C=O) groups is 1. The van der Waals surface area contributed by atoms with Crippen molar-refractivity contribution >= 4 is 16.8 Å². The van der Waals surface area contributed by atoms with Gasteiger partial charge in [0, 0.05) is 22.7 Å². The Morgan fingerprint density at radius 3 is 2.50 bits per heavy atom. The third kappa shape index (κ3) is 3.86. The monoisotopic (exact) mass is 374 g/mol. The Hall–Kier alpha value is -2.88. The molecule has 4 heteroatoms. The predicted octanol–water partition coefficient (Wildman–Crippen LogP) is 4.81. The average molecular weight is 374 g/mol. The Labute approximate surface area is 165 Å². The van der Waals surface area contributed by atoms with Crippen molar-refractivity contribution in [2.45, 2.75) is 51.6 Å². The number of pyridine rings is 1. The van der Waals surface area contributed by atoms with Gasteiger partial charge in [0.2, 0.25) is 0 Å². The lowest BCUT2D eigenvalue weighted by atomic mass is 9.93. The number of H-pyrrole nitrogens is 1. The third-order valence-corrected chi connectivity index (χ3v) is 5.75. The summed E-state index contributed by atoms with van der Waals surface area (Å²) in [5.41, 5.74) is 3.17. The number of fused-ring (bicyclic) bond motifs is 1. The fourth-order valence-electron chi connectivity index (χ4n) is 4.11. The molecule has 144 valence electrons. The maximum Gasteiger partial charge on any atom is 0.254 e. The van der Waals surface area contributed by atoms with Gasteiger partial charge < -0.3 is 9.88 Å². The number of aromatic nitrogens is 1. The topological polar surface area (TPSA) is 53.2 Å². The molecule has 1 amide bonds. The lowest BCUT2D eigenvalue weighted by Crippen LogP contribution is -2.42. The summed E-state index contributed by atoms with van der Waals surface area (Å²) < 4.78 is 0. The maximum absolute atomic E-state index is 13.3. The van der Waals surface area contributed by atoms with E-state index in [2.05, 4.69) is 4.98 Å². The molecule has 0 bridgehead atoms. The molecular weight excluding hydrogens is 348 g/mol. The summed E-state index contributed by atoms with van der Waals surface area (Å²) in [5.74, 6) is 0.0134. The second-order valence-corrected chi connectivity index (χ2v) is 7.80. The Morgan fingerprint density at radius 1 is 1.04 bits per heavy atom. The normalized spacial score (nSPS) is 14.9. The van der Waals surface area contributed by atoms with E-state index < -0.39 is 0 Å². The number of aromatic amines is 1. The molecule has 1 aromatic heterocycles. The molecule has 3 aromatic rings. The molecule has 0 atom stereocenters. The zero-order valence-electron chi connectivity index (χ0n) is 16.3. The number of nitrogens with one attached hydrogen (secondary N) is 1. The number of carbonyl (C=O) groups excluding carboxylic acids is 1. The third-order valence-electron chi connectivity index (χ3n) is 5.75. The molecule has 1 saturated carbocycles. The smallest absolute Gasteiger partial charge is 0.254 e. The van der Waals surface area contributed by atoms with E-state index in [4.69, 9.17) is 0 Å². The van der Waals surface area contributed by atoms with Crippen LogP contribution in [0.1, 0.15) is 53.6 Å². The van der Waals surface area contributed by atoms with Crippen LogP contribution in [-0.2, 0) is 6.54 Å². The van der Waals surface area contributed by atoms with E-state index in [0.29, 0.717) is 17.7 Å². The molecule has 0 unspecified atom stereocenters. The fourth-order valence-corrected chi connectivity index (χ4v) is 4.11. The largest absolute Gasteiger partial charge is 0.331 e. The fraction of sp³-hybridized carbons (Fsp3) is 0.333. The lowest BCUT2D eigenvalue weighted by molar-refractivity contribution is 0.0613. The van der Waals surface area contributed by atoms with Crippen LogP contribution in [0.3, 0.4) is 0 Å². The van der Waals surface area contributed by atoms with Crippen LogP contribution in [0.25, 0.3) is 10.9 Å². The summed E-state index contributed by atoms with van der Waals surface area (Å²) in [6.07, 6.45) is 5.50. The van der Waals surface area contributed by atoms with Crippen LogP contribution in [0, 0.1) is 6.92 Å². The van der Waals surface area contributed by atoms with Gasteiger partial charge >= 0.3 is 0 Å². The lowest BCUT2D eigenvalue weighted by Gasteiger charge is -2.34. The molecule has 0 aliphatic heterocycles. The number of hydrogen-bond acceptors (Lipinski definition) is 2. The first-order valence-electron chi connectivity index (χ1n) is 10.1. The average Bonchev–Trinajstić information content (AvgIpc) is 2.73. The quantitative estimate of drug-likeness (QED) is 0.712. The molecular formula is C24H26N2O2. The second kappa shape index (κ2) is 8.01. The van der Waals surface area contributed by atoms with E-state index in [-0.39, 0.29) is 17.5 Å². The second-order valence-electron chi connectivity index (χ2n) is 7.80. The van der Waals surface area contributed by atoms with Crippen LogP contribution in [0.15, 0.2) is 59.4 Å². The van der Waals surface area contributed by atoms with Crippen molar-refractivity contribution in [3.8, 4) is 0 Å². The van der Waals surface area contributed by atoms with Gasteiger partial charge in [-0.25, -0.2) is 0 Å². The summed E-state index contributed by atoms with van der Waals surface area (Å²) in [6, 6.07) is 17.6. The van der Waals surface area contributed by atoms with Gasteiger partial charge in [0.05, 0.1) is 6.54 Å². The molecule has 1 heterocycles. The highest BCUT2D eigenvalue weighted by atomic mass is 16.2. The number of aryl methyl sites for hydroxylation is 1. The Morgan fingerprint density at radius 2 is 1.75 bits per heavy atom. The highest BCUT2D eigenvalue weighted by Gasteiger charge is 2.27. The summed E-state index contributed by atoms with van der Waals surface area (Å²) in [7, 11) is 0. The highest BCUT2D eigenvalue weighted by Crippen LogP contribution is 2.26. The van der Waals surface area contributed by atoms with E-state index in [1.165, 1.54) is 6.42 Å². The number of hydrogen-bond donors (Lipinski definition) is 1. The van der Waals surface area contributed by atoms with Gasteiger partial charge in [-0.05, 0) is 49.4 Å². The van der Waals surface area contributed by atoms with Crippen molar-refractivity contribution in [1.82, 2.24) is 9.88 Å². The van der Waals surface area contributed by atoms with Crippen LogP contribution in [0.4, 0.5) is 0 Å². The Balaban J connectivity index is 1.69. The van der Waals surface area contributed by atoms with Crippen LogP contribution < -0.4 is 5.56 Å². The summed E-state index contributed by atoms with van der Waals surface area (Å²) in [4.78, 5) is 30.9. The molecule has 4 rings (SSSR count). The van der Waals surface area contributed by atoms with Crippen LogP contribution in [0.2, 0.25) is 0 Å². The molecule has 2 aromatic carbocycles. The minimum atomic E-state index is -0.115.